The van der Waals surface area contributed by atoms with Gasteiger partial charge in [-0.15, -0.1) is 11.3 Å². The zero-order valence-electron chi connectivity index (χ0n) is 25.9. The van der Waals surface area contributed by atoms with Gasteiger partial charge in [0.1, 0.15) is 0 Å². The summed E-state index contributed by atoms with van der Waals surface area (Å²) in [5.41, 5.74) is 9.39. The Bertz CT molecular complexity index is 2720. The topological polar surface area (TPSA) is 43.6 Å². The summed E-state index contributed by atoms with van der Waals surface area (Å²) in [4.78, 5) is 15.7. The van der Waals surface area contributed by atoms with Gasteiger partial charge in [0.05, 0.1) is 11.0 Å². The lowest BCUT2D eigenvalue weighted by Crippen LogP contribution is -2.14. The molecule has 0 N–H and O–H groups in total. The smallest absolute Gasteiger partial charge is 0.238 e. The third kappa shape index (κ3) is 3.72. The lowest BCUT2D eigenvalue weighted by molar-refractivity contribution is 0.661. The molecule has 1 aliphatic rings. The van der Waals surface area contributed by atoms with Gasteiger partial charge in [-0.3, -0.25) is 4.57 Å². The summed E-state index contributed by atoms with van der Waals surface area (Å²) in [6, 6.07) is 47.4. The standard InChI is InChI=1S/C42H28N4S/c1-42(2)31-20-9-6-16-28(31)36-32(42)23-24-34-37(36)29-17-7-10-21-33(29)46(34)41-44-39(25-13-4-3-5-14-25)43-40(45-41)30-19-12-18-27-26-15-8-11-22-35(26)47-38(27)30/h3-24H,1-2H3. The Morgan fingerprint density at radius 2 is 1.23 bits per heavy atom. The summed E-state index contributed by atoms with van der Waals surface area (Å²) < 4.78 is 4.68. The fraction of sp³-hybridized carbons (Fsp3) is 0.0714. The molecule has 0 bridgehead atoms. The predicted octanol–water partition coefficient (Wildman–Crippen LogP) is 11.0. The molecule has 222 valence electrons. The second kappa shape index (κ2) is 9.68. The number of rotatable bonds is 3. The van der Waals surface area contributed by atoms with Crippen LogP contribution in [0.1, 0.15) is 25.0 Å². The van der Waals surface area contributed by atoms with Gasteiger partial charge in [0.25, 0.3) is 0 Å². The van der Waals surface area contributed by atoms with Crippen molar-refractivity contribution in [3.8, 4) is 39.9 Å². The molecule has 0 fully saturated rings. The molecular weight excluding hydrogens is 593 g/mol. The number of fused-ring (bicyclic) bond motifs is 10. The molecule has 0 radical (unpaired) electrons. The summed E-state index contributed by atoms with van der Waals surface area (Å²) in [5, 5.41) is 4.92. The van der Waals surface area contributed by atoms with E-state index in [1.807, 2.05) is 18.2 Å². The molecule has 3 aromatic heterocycles. The van der Waals surface area contributed by atoms with E-state index in [0.29, 0.717) is 17.6 Å². The van der Waals surface area contributed by atoms with Crippen LogP contribution in [0.2, 0.25) is 0 Å². The van der Waals surface area contributed by atoms with Crippen molar-refractivity contribution in [3.63, 3.8) is 0 Å². The highest BCUT2D eigenvalue weighted by atomic mass is 32.1. The number of nitrogens with zero attached hydrogens (tertiary/aromatic N) is 4. The first kappa shape index (κ1) is 26.6. The maximum absolute atomic E-state index is 5.31. The van der Waals surface area contributed by atoms with Crippen LogP contribution in [-0.2, 0) is 5.41 Å². The second-order valence-electron chi connectivity index (χ2n) is 12.8. The SMILES string of the molecule is CC1(C)c2ccccc2-c2c1ccc1c2c2ccccc2n1-c1nc(-c2ccccc2)nc(-c2cccc3c2sc2ccccc23)n1. The van der Waals surface area contributed by atoms with E-state index in [9.17, 15) is 0 Å². The van der Waals surface area contributed by atoms with E-state index in [0.717, 1.165) is 22.2 Å². The van der Waals surface area contributed by atoms with Crippen molar-refractivity contribution in [3.05, 3.63) is 145 Å². The normalized spacial score (nSPS) is 13.5. The van der Waals surface area contributed by atoms with Crippen LogP contribution in [0.5, 0.6) is 0 Å². The molecular formula is C42H28N4S. The monoisotopic (exact) mass is 620 g/mol. The van der Waals surface area contributed by atoms with Crippen LogP contribution < -0.4 is 0 Å². The number of para-hydroxylation sites is 1. The minimum Gasteiger partial charge on any atom is -0.278 e. The molecule has 0 aliphatic heterocycles. The minimum absolute atomic E-state index is 0.0902. The second-order valence-corrected chi connectivity index (χ2v) is 13.9. The van der Waals surface area contributed by atoms with Gasteiger partial charge in [-0.1, -0.05) is 123 Å². The fourth-order valence-electron chi connectivity index (χ4n) is 7.69. The van der Waals surface area contributed by atoms with Gasteiger partial charge in [-0.2, -0.15) is 9.97 Å². The average molecular weight is 621 g/mol. The van der Waals surface area contributed by atoms with Crippen molar-refractivity contribution in [2.45, 2.75) is 19.3 Å². The first-order valence-corrected chi connectivity index (χ1v) is 16.8. The van der Waals surface area contributed by atoms with E-state index in [1.165, 1.54) is 53.2 Å². The van der Waals surface area contributed by atoms with E-state index in [2.05, 4.69) is 134 Å². The van der Waals surface area contributed by atoms with Crippen LogP contribution in [0.25, 0.3) is 81.8 Å². The summed E-state index contributed by atoms with van der Waals surface area (Å²) in [5.74, 6) is 1.94. The van der Waals surface area contributed by atoms with E-state index in [1.54, 1.807) is 11.3 Å². The molecule has 9 aromatic rings. The molecule has 47 heavy (non-hydrogen) atoms. The Kier molecular flexibility index (Phi) is 5.47. The fourth-order valence-corrected chi connectivity index (χ4v) is 8.90. The summed E-state index contributed by atoms with van der Waals surface area (Å²) >= 11 is 1.79. The van der Waals surface area contributed by atoms with E-state index in [-0.39, 0.29) is 5.41 Å². The maximum atomic E-state index is 5.31. The quantitative estimate of drug-likeness (QED) is 0.197. The highest BCUT2D eigenvalue weighted by Crippen LogP contribution is 2.53. The molecule has 5 heteroatoms. The van der Waals surface area contributed by atoms with Crippen molar-refractivity contribution in [1.82, 2.24) is 19.5 Å². The summed E-state index contributed by atoms with van der Waals surface area (Å²) in [7, 11) is 0. The van der Waals surface area contributed by atoms with Crippen molar-refractivity contribution < 1.29 is 0 Å². The third-order valence-corrected chi connectivity index (χ3v) is 11.1. The number of thiophene rings is 1. The Balaban J connectivity index is 1.31. The number of aromatic nitrogens is 4. The minimum atomic E-state index is -0.0902. The van der Waals surface area contributed by atoms with Crippen molar-refractivity contribution in [1.29, 1.82) is 0 Å². The van der Waals surface area contributed by atoms with Crippen LogP contribution >= 0.6 is 11.3 Å². The number of hydrogen-bond donors (Lipinski definition) is 0. The highest BCUT2D eigenvalue weighted by Gasteiger charge is 2.37. The van der Waals surface area contributed by atoms with Gasteiger partial charge in [0, 0.05) is 47.5 Å². The number of hydrogen-bond acceptors (Lipinski definition) is 4. The molecule has 0 unspecified atom stereocenters. The van der Waals surface area contributed by atoms with Crippen molar-refractivity contribution >= 4 is 53.3 Å². The van der Waals surface area contributed by atoms with Crippen LogP contribution in [0, 0.1) is 0 Å². The first-order chi connectivity index (χ1) is 23.1. The van der Waals surface area contributed by atoms with Gasteiger partial charge in [0.2, 0.25) is 5.95 Å². The van der Waals surface area contributed by atoms with E-state index >= 15 is 0 Å². The van der Waals surface area contributed by atoms with Crippen LogP contribution in [0.4, 0.5) is 0 Å². The van der Waals surface area contributed by atoms with E-state index in [4.69, 9.17) is 15.0 Å². The molecule has 0 saturated carbocycles. The van der Waals surface area contributed by atoms with Gasteiger partial charge in [0.15, 0.2) is 11.6 Å². The largest absolute Gasteiger partial charge is 0.278 e. The zero-order valence-corrected chi connectivity index (χ0v) is 26.7. The molecule has 0 amide bonds. The molecule has 10 rings (SSSR count). The lowest BCUT2D eigenvalue weighted by atomic mass is 9.82. The van der Waals surface area contributed by atoms with Crippen molar-refractivity contribution in [2.75, 3.05) is 0 Å². The number of benzene rings is 6. The average Bonchev–Trinajstić information content (AvgIpc) is 3.74. The molecule has 4 nitrogen and oxygen atoms in total. The molecule has 3 heterocycles. The Labute approximate surface area is 275 Å². The third-order valence-electron chi connectivity index (χ3n) is 9.88. The van der Waals surface area contributed by atoms with Crippen molar-refractivity contribution in [2.24, 2.45) is 0 Å². The molecule has 0 atom stereocenters. The summed E-state index contributed by atoms with van der Waals surface area (Å²) in [6.45, 7) is 4.67. The Morgan fingerprint density at radius 1 is 0.532 bits per heavy atom. The molecule has 0 spiro atoms. The van der Waals surface area contributed by atoms with Gasteiger partial charge in [-0.05, 0) is 46.5 Å². The van der Waals surface area contributed by atoms with E-state index < -0.39 is 0 Å². The van der Waals surface area contributed by atoms with Gasteiger partial charge < -0.3 is 0 Å². The van der Waals surface area contributed by atoms with Crippen LogP contribution in [0.3, 0.4) is 0 Å². The first-order valence-electron chi connectivity index (χ1n) is 16.0. The Hall–Kier alpha value is -5.65. The van der Waals surface area contributed by atoms with Gasteiger partial charge >= 0.3 is 0 Å². The lowest BCUT2D eigenvalue weighted by Gasteiger charge is -2.21. The Morgan fingerprint density at radius 3 is 2.13 bits per heavy atom. The summed E-state index contributed by atoms with van der Waals surface area (Å²) in [6.07, 6.45) is 0. The van der Waals surface area contributed by atoms with Crippen LogP contribution in [0.15, 0.2) is 133 Å². The molecule has 1 aliphatic carbocycles. The predicted molar refractivity (Wildman–Crippen MR) is 195 cm³/mol. The van der Waals surface area contributed by atoms with Gasteiger partial charge in [-0.25, -0.2) is 4.98 Å². The molecule has 0 saturated heterocycles. The maximum Gasteiger partial charge on any atom is 0.238 e. The molecule has 6 aromatic carbocycles. The highest BCUT2D eigenvalue weighted by molar-refractivity contribution is 7.26. The van der Waals surface area contributed by atoms with Crippen LogP contribution in [-0.4, -0.2) is 19.5 Å². The zero-order chi connectivity index (χ0) is 31.3.